The minimum absolute atomic E-state index is 0.0985. The van der Waals surface area contributed by atoms with Crippen molar-refractivity contribution in [3.05, 3.63) is 45.8 Å². The van der Waals surface area contributed by atoms with Crippen molar-refractivity contribution in [2.75, 3.05) is 25.5 Å². The van der Waals surface area contributed by atoms with Crippen LogP contribution >= 0.6 is 11.3 Å². The standard InChI is InChI=1S/C21H24F2N2O4S/c1-3-28-20(27)18-15-5-4-6-16(15)30-19(18)24-17(26)12-25(2)11-13-7-9-14(10-8-13)29-21(22)23/h7-10,21H,3-6,11-12H2,1-2H3,(H,24,26)/p+1. The Hall–Kier alpha value is -2.52. The second kappa shape index (κ2) is 9.99. The number of hydrogen-bond acceptors (Lipinski definition) is 5. The van der Waals surface area contributed by atoms with Crippen LogP contribution in [0.5, 0.6) is 5.75 Å². The second-order valence-electron chi connectivity index (χ2n) is 7.16. The van der Waals surface area contributed by atoms with Crippen LogP contribution in [-0.2, 0) is 28.9 Å². The average molecular weight is 440 g/mol. The van der Waals surface area contributed by atoms with Crippen molar-refractivity contribution >= 4 is 28.2 Å². The fraction of sp³-hybridized carbons (Fsp3) is 0.429. The maximum atomic E-state index is 12.6. The number of anilines is 1. The third-order valence-electron chi connectivity index (χ3n) is 4.77. The molecule has 0 saturated carbocycles. The number of ether oxygens (including phenoxy) is 2. The summed E-state index contributed by atoms with van der Waals surface area (Å²) < 4.78 is 34.0. The quantitative estimate of drug-likeness (QED) is 0.590. The molecule has 0 aliphatic heterocycles. The maximum absolute atomic E-state index is 12.6. The van der Waals surface area contributed by atoms with Gasteiger partial charge in [0, 0.05) is 10.4 Å². The molecule has 1 amide bonds. The molecule has 2 aromatic rings. The number of rotatable bonds is 9. The molecule has 0 spiro atoms. The molecule has 6 nitrogen and oxygen atoms in total. The number of likely N-dealkylation sites (N-methyl/N-ethyl adjacent to an activating group) is 1. The molecule has 1 aromatic heterocycles. The first kappa shape index (κ1) is 22.2. The Morgan fingerprint density at radius 2 is 1.97 bits per heavy atom. The number of nitrogens with one attached hydrogen (secondary N) is 2. The van der Waals surface area contributed by atoms with Crippen LogP contribution in [-0.4, -0.2) is 38.7 Å². The van der Waals surface area contributed by atoms with Crippen LogP contribution in [0.2, 0.25) is 0 Å². The molecular formula is C21H25F2N2O4S+. The molecular weight excluding hydrogens is 414 g/mol. The molecule has 0 saturated heterocycles. The molecule has 3 rings (SSSR count). The summed E-state index contributed by atoms with van der Waals surface area (Å²) in [7, 11) is 1.86. The van der Waals surface area contributed by atoms with Crippen molar-refractivity contribution in [1.29, 1.82) is 0 Å². The highest BCUT2D eigenvalue weighted by Crippen LogP contribution is 2.39. The molecule has 9 heteroatoms. The van der Waals surface area contributed by atoms with Crippen LogP contribution in [0.25, 0.3) is 0 Å². The molecule has 1 aliphatic carbocycles. The summed E-state index contributed by atoms with van der Waals surface area (Å²) in [5.74, 6) is -0.490. The van der Waals surface area contributed by atoms with Crippen molar-refractivity contribution in [2.45, 2.75) is 39.3 Å². The highest BCUT2D eigenvalue weighted by molar-refractivity contribution is 7.17. The summed E-state index contributed by atoms with van der Waals surface area (Å²) in [5.41, 5.74) is 2.39. The third-order valence-corrected chi connectivity index (χ3v) is 5.98. The van der Waals surface area contributed by atoms with Gasteiger partial charge in [0.1, 0.15) is 17.3 Å². The first-order valence-corrected chi connectivity index (χ1v) is 10.7. The Balaban J connectivity index is 1.60. The minimum atomic E-state index is -2.86. The molecule has 0 fully saturated rings. The summed E-state index contributed by atoms with van der Waals surface area (Å²) in [4.78, 5) is 27.0. The fourth-order valence-electron chi connectivity index (χ4n) is 3.56. The molecule has 1 unspecified atom stereocenters. The van der Waals surface area contributed by atoms with E-state index < -0.39 is 6.61 Å². The molecule has 1 aromatic carbocycles. The van der Waals surface area contributed by atoms with E-state index in [1.165, 1.54) is 23.5 Å². The Morgan fingerprint density at radius 3 is 2.63 bits per heavy atom. The van der Waals surface area contributed by atoms with Crippen LogP contribution in [0.3, 0.4) is 0 Å². The average Bonchev–Trinajstić information content (AvgIpc) is 3.23. The van der Waals surface area contributed by atoms with E-state index in [4.69, 9.17) is 4.74 Å². The lowest BCUT2D eigenvalue weighted by molar-refractivity contribution is -0.885. The number of carbonyl (C=O) groups excluding carboxylic acids is 2. The number of halogens is 2. The smallest absolute Gasteiger partial charge is 0.387 e. The largest absolute Gasteiger partial charge is 0.462 e. The van der Waals surface area contributed by atoms with Gasteiger partial charge in [0.15, 0.2) is 6.54 Å². The number of carbonyl (C=O) groups is 2. The summed E-state index contributed by atoms with van der Waals surface area (Å²) in [6, 6.07) is 6.35. The lowest BCUT2D eigenvalue weighted by Gasteiger charge is -2.14. The SMILES string of the molecule is CCOC(=O)c1c(NC(=O)C[NH+](C)Cc2ccc(OC(F)F)cc2)sc2c1CCC2. The van der Waals surface area contributed by atoms with Gasteiger partial charge >= 0.3 is 12.6 Å². The maximum Gasteiger partial charge on any atom is 0.387 e. The number of alkyl halides is 2. The highest BCUT2D eigenvalue weighted by atomic mass is 32.1. The Labute approximate surface area is 177 Å². The molecule has 1 heterocycles. The minimum Gasteiger partial charge on any atom is -0.462 e. The van der Waals surface area contributed by atoms with Crippen LogP contribution in [0, 0.1) is 0 Å². The van der Waals surface area contributed by atoms with Crippen molar-refractivity contribution in [1.82, 2.24) is 0 Å². The van der Waals surface area contributed by atoms with Crippen molar-refractivity contribution in [2.24, 2.45) is 0 Å². The van der Waals surface area contributed by atoms with Gasteiger partial charge in [-0.05, 0) is 56.0 Å². The molecule has 162 valence electrons. The van der Waals surface area contributed by atoms with Gasteiger partial charge in [0.05, 0.1) is 19.2 Å². The van der Waals surface area contributed by atoms with Gasteiger partial charge in [0.25, 0.3) is 5.91 Å². The number of esters is 1. The number of fused-ring (bicyclic) bond motifs is 1. The van der Waals surface area contributed by atoms with Gasteiger partial charge < -0.3 is 19.7 Å². The van der Waals surface area contributed by atoms with Gasteiger partial charge in [0.2, 0.25) is 0 Å². The molecule has 2 N–H and O–H groups in total. The van der Waals surface area contributed by atoms with Gasteiger partial charge in [-0.25, -0.2) is 4.79 Å². The number of amides is 1. The zero-order valence-electron chi connectivity index (χ0n) is 16.9. The number of quaternary nitrogens is 1. The van der Waals surface area contributed by atoms with Crippen LogP contribution < -0.4 is 15.0 Å². The summed E-state index contributed by atoms with van der Waals surface area (Å²) >= 11 is 1.45. The Morgan fingerprint density at radius 1 is 1.23 bits per heavy atom. The van der Waals surface area contributed by atoms with Crippen LogP contribution in [0.4, 0.5) is 13.8 Å². The fourth-order valence-corrected chi connectivity index (χ4v) is 4.85. The predicted molar refractivity (Wildman–Crippen MR) is 109 cm³/mol. The Bertz CT molecular complexity index is 899. The van der Waals surface area contributed by atoms with Gasteiger partial charge in [-0.2, -0.15) is 8.78 Å². The van der Waals surface area contributed by atoms with E-state index in [0.717, 1.165) is 40.2 Å². The third kappa shape index (κ3) is 5.54. The molecule has 1 atom stereocenters. The topological polar surface area (TPSA) is 69.1 Å². The first-order valence-electron chi connectivity index (χ1n) is 9.84. The van der Waals surface area contributed by atoms with E-state index in [1.54, 1.807) is 19.1 Å². The van der Waals surface area contributed by atoms with Gasteiger partial charge in [-0.15, -0.1) is 11.3 Å². The first-order chi connectivity index (χ1) is 14.4. The molecule has 30 heavy (non-hydrogen) atoms. The number of benzene rings is 1. The molecule has 0 radical (unpaired) electrons. The summed E-state index contributed by atoms with van der Waals surface area (Å²) in [6.07, 6.45) is 2.75. The van der Waals surface area contributed by atoms with Crippen molar-refractivity contribution in [3.63, 3.8) is 0 Å². The van der Waals surface area contributed by atoms with E-state index in [9.17, 15) is 18.4 Å². The highest BCUT2D eigenvalue weighted by Gasteiger charge is 2.28. The number of hydrogen-bond donors (Lipinski definition) is 2. The van der Waals surface area contributed by atoms with Crippen LogP contribution in [0.15, 0.2) is 24.3 Å². The zero-order chi connectivity index (χ0) is 21.7. The van der Waals surface area contributed by atoms with E-state index in [-0.39, 0.29) is 30.8 Å². The van der Waals surface area contributed by atoms with E-state index in [1.807, 2.05) is 7.05 Å². The molecule has 0 bridgehead atoms. The van der Waals surface area contributed by atoms with Gasteiger partial charge in [-0.3, -0.25) is 4.79 Å². The number of aryl methyl sites for hydroxylation is 1. The lowest BCUT2D eigenvalue weighted by Crippen LogP contribution is -3.08. The van der Waals surface area contributed by atoms with Crippen LogP contribution in [0.1, 0.15) is 39.7 Å². The monoisotopic (exact) mass is 439 g/mol. The zero-order valence-corrected chi connectivity index (χ0v) is 17.7. The normalized spacial score (nSPS) is 13.8. The summed E-state index contributed by atoms with van der Waals surface area (Å²) in [5, 5.41) is 3.44. The van der Waals surface area contributed by atoms with Crippen molar-refractivity contribution in [3.8, 4) is 5.75 Å². The summed E-state index contributed by atoms with van der Waals surface area (Å²) in [6.45, 7) is -0.0855. The number of thiophene rings is 1. The molecule has 1 aliphatic rings. The van der Waals surface area contributed by atoms with Gasteiger partial charge in [-0.1, -0.05) is 0 Å². The second-order valence-corrected chi connectivity index (χ2v) is 8.27. The van der Waals surface area contributed by atoms with E-state index in [2.05, 4.69) is 10.1 Å². The van der Waals surface area contributed by atoms with Crippen molar-refractivity contribution < 1.29 is 32.7 Å². The predicted octanol–water partition coefficient (Wildman–Crippen LogP) is 2.67. The lowest BCUT2D eigenvalue weighted by atomic mass is 10.1. The van der Waals surface area contributed by atoms with E-state index in [0.29, 0.717) is 17.1 Å². The van der Waals surface area contributed by atoms with E-state index >= 15 is 0 Å². The Kier molecular flexibility index (Phi) is 7.38.